The summed E-state index contributed by atoms with van der Waals surface area (Å²) >= 11 is 0. The molecular weight excluding hydrogens is 264 g/mol. The molecule has 1 aromatic carbocycles. The lowest BCUT2D eigenvalue weighted by molar-refractivity contribution is 0.0951. The van der Waals surface area contributed by atoms with Crippen molar-refractivity contribution in [3.8, 4) is 5.75 Å². The van der Waals surface area contributed by atoms with Gasteiger partial charge in [-0.05, 0) is 36.2 Å². The van der Waals surface area contributed by atoms with Gasteiger partial charge in [0.05, 0.1) is 6.61 Å². The molecule has 0 unspecified atom stereocenters. The number of unbranched alkanes of at least 4 members (excludes halogenated alkanes) is 1. The summed E-state index contributed by atoms with van der Waals surface area (Å²) in [5.41, 5.74) is 1.66. The van der Waals surface area contributed by atoms with Gasteiger partial charge in [0.1, 0.15) is 5.75 Å². The van der Waals surface area contributed by atoms with Crippen LogP contribution in [0.4, 0.5) is 0 Å². The highest BCUT2D eigenvalue weighted by Crippen LogP contribution is 2.12. The van der Waals surface area contributed by atoms with E-state index in [0.29, 0.717) is 12.1 Å². The lowest BCUT2D eigenvalue weighted by Gasteiger charge is -2.08. The highest BCUT2D eigenvalue weighted by atomic mass is 16.5. The van der Waals surface area contributed by atoms with E-state index in [4.69, 9.17) is 4.74 Å². The Morgan fingerprint density at radius 1 is 1.14 bits per heavy atom. The fourth-order valence-corrected chi connectivity index (χ4v) is 1.83. The zero-order chi connectivity index (χ0) is 14.9. The Balaban J connectivity index is 1.82. The van der Waals surface area contributed by atoms with Gasteiger partial charge in [-0.2, -0.15) is 0 Å². The van der Waals surface area contributed by atoms with Gasteiger partial charge >= 0.3 is 0 Å². The second-order valence-electron chi connectivity index (χ2n) is 4.76. The number of pyridine rings is 1. The van der Waals surface area contributed by atoms with Crippen molar-refractivity contribution in [3.05, 3.63) is 59.9 Å². The lowest BCUT2D eigenvalue weighted by atomic mass is 10.2. The standard InChI is InChI=1S/C17H20N2O2/c1-2-3-12-21-16-6-4-14(5-7-16)13-19-17(20)15-8-10-18-11-9-15/h4-11H,2-3,12-13H2,1H3,(H,19,20). The fourth-order valence-electron chi connectivity index (χ4n) is 1.83. The van der Waals surface area contributed by atoms with Gasteiger partial charge in [0.25, 0.3) is 5.91 Å². The molecule has 110 valence electrons. The Kier molecular flexibility index (Phi) is 5.76. The maximum Gasteiger partial charge on any atom is 0.251 e. The molecule has 2 aromatic rings. The van der Waals surface area contributed by atoms with E-state index in [-0.39, 0.29) is 5.91 Å². The minimum absolute atomic E-state index is 0.0966. The summed E-state index contributed by atoms with van der Waals surface area (Å²) in [7, 11) is 0. The minimum Gasteiger partial charge on any atom is -0.494 e. The average Bonchev–Trinajstić information content (AvgIpc) is 2.55. The molecule has 1 N–H and O–H groups in total. The zero-order valence-corrected chi connectivity index (χ0v) is 12.2. The summed E-state index contributed by atoms with van der Waals surface area (Å²) in [6.07, 6.45) is 5.40. The molecule has 21 heavy (non-hydrogen) atoms. The first kappa shape index (κ1) is 15.0. The Morgan fingerprint density at radius 2 is 1.86 bits per heavy atom. The van der Waals surface area contributed by atoms with Crippen LogP contribution in [0.25, 0.3) is 0 Å². The second-order valence-corrected chi connectivity index (χ2v) is 4.76. The van der Waals surface area contributed by atoms with Crippen molar-refractivity contribution in [1.29, 1.82) is 0 Å². The number of benzene rings is 1. The van der Waals surface area contributed by atoms with Crippen LogP contribution in [0, 0.1) is 0 Å². The predicted molar refractivity (Wildman–Crippen MR) is 82.3 cm³/mol. The molecule has 0 radical (unpaired) electrons. The van der Waals surface area contributed by atoms with Crippen molar-refractivity contribution in [1.82, 2.24) is 10.3 Å². The van der Waals surface area contributed by atoms with Gasteiger partial charge in [-0.1, -0.05) is 25.5 Å². The third-order valence-corrected chi connectivity index (χ3v) is 3.09. The van der Waals surface area contributed by atoms with E-state index < -0.39 is 0 Å². The Morgan fingerprint density at radius 3 is 2.52 bits per heavy atom. The SMILES string of the molecule is CCCCOc1ccc(CNC(=O)c2ccncc2)cc1. The zero-order valence-electron chi connectivity index (χ0n) is 12.2. The minimum atomic E-state index is -0.0966. The summed E-state index contributed by atoms with van der Waals surface area (Å²) in [6, 6.07) is 11.2. The van der Waals surface area contributed by atoms with E-state index in [1.54, 1.807) is 24.5 Å². The highest BCUT2D eigenvalue weighted by Gasteiger charge is 2.04. The van der Waals surface area contributed by atoms with Gasteiger partial charge in [0.2, 0.25) is 0 Å². The van der Waals surface area contributed by atoms with Crippen LogP contribution in [-0.2, 0) is 6.54 Å². The molecule has 0 bridgehead atoms. The molecule has 0 atom stereocenters. The smallest absolute Gasteiger partial charge is 0.251 e. The van der Waals surface area contributed by atoms with Gasteiger partial charge in [-0.25, -0.2) is 0 Å². The summed E-state index contributed by atoms with van der Waals surface area (Å²) in [5, 5.41) is 2.88. The normalized spacial score (nSPS) is 10.1. The average molecular weight is 284 g/mol. The van der Waals surface area contributed by atoms with Gasteiger partial charge in [0.15, 0.2) is 0 Å². The topological polar surface area (TPSA) is 51.2 Å². The van der Waals surface area contributed by atoms with E-state index in [1.165, 1.54) is 0 Å². The molecule has 1 amide bonds. The van der Waals surface area contributed by atoms with Crippen molar-refractivity contribution in [3.63, 3.8) is 0 Å². The van der Waals surface area contributed by atoms with Crippen molar-refractivity contribution >= 4 is 5.91 Å². The van der Waals surface area contributed by atoms with E-state index in [9.17, 15) is 4.79 Å². The Labute approximate surface area is 125 Å². The molecule has 2 rings (SSSR count). The molecule has 0 aliphatic heterocycles. The number of carbonyl (C=O) groups excluding carboxylic acids is 1. The fraction of sp³-hybridized carbons (Fsp3) is 0.294. The first-order chi connectivity index (χ1) is 10.3. The third-order valence-electron chi connectivity index (χ3n) is 3.09. The van der Waals surface area contributed by atoms with Crippen molar-refractivity contribution < 1.29 is 9.53 Å². The monoisotopic (exact) mass is 284 g/mol. The summed E-state index contributed by atoms with van der Waals surface area (Å²) < 4.78 is 5.60. The van der Waals surface area contributed by atoms with Crippen LogP contribution in [0.15, 0.2) is 48.8 Å². The summed E-state index contributed by atoms with van der Waals surface area (Å²) in [4.78, 5) is 15.8. The molecule has 4 nitrogen and oxygen atoms in total. The first-order valence-electron chi connectivity index (χ1n) is 7.19. The number of carbonyl (C=O) groups is 1. The maximum absolute atomic E-state index is 11.9. The maximum atomic E-state index is 11.9. The quantitative estimate of drug-likeness (QED) is 0.794. The van der Waals surface area contributed by atoms with E-state index in [2.05, 4.69) is 17.2 Å². The Hall–Kier alpha value is -2.36. The number of amides is 1. The van der Waals surface area contributed by atoms with Crippen LogP contribution in [0.3, 0.4) is 0 Å². The Bertz CT molecular complexity index is 553. The van der Waals surface area contributed by atoms with Crippen LogP contribution in [0.1, 0.15) is 35.7 Å². The molecule has 0 spiro atoms. The van der Waals surface area contributed by atoms with Crippen LogP contribution in [0.2, 0.25) is 0 Å². The van der Waals surface area contributed by atoms with E-state index >= 15 is 0 Å². The van der Waals surface area contributed by atoms with Crippen molar-refractivity contribution in [2.75, 3.05) is 6.61 Å². The van der Waals surface area contributed by atoms with E-state index in [1.807, 2.05) is 24.3 Å². The number of nitrogens with one attached hydrogen (secondary N) is 1. The molecular formula is C17H20N2O2. The van der Waals surface area contributed by atoms with Crippen LogP contribution in [-0.4, -0.2) is 17.5 Å². The third kappa shape index (κ3) is 4.91. The predicted octanol–water partition coefficient (Wildman–Crippen LogP) is 3.19. The molecule has 0 saturated carbocycles. The number of hydrogen-bond acceptors (Lipinski definition) is 3. The number of nitrogens with zero attached hydrogens (tertiary/aromatic N) is 1. The molecule has 1 aromatic heterocycles. The van der Waals surface area contributed by atoms with Crippen molar-refractivity contribution in [2.24, 2.45) is 0 Å². The second kappa shape index (κ2) is 8.04. The summed E-state index contributed by atoms with van der Waals surface area (Å²) in [5.74, 6) is 0.772. The first-order valence-corrected chi connectivity index (χ1v) is 7.19. The van der Waals surface area contributed by atoms with E-state index in [0.717, 1.165) is 30.8 Å². The molecule has 1 heterocycles. The van der Waals surface area contributed by atoms with Crippen LogP contribution < -0.4 is 10.1 Å². The molecule has 0 aliphatic carbocycles. The number of aromatic nitrogens is 1. The number of hydrogen-bond donors (Lipinski definition) is 1. The van der Waals surface area contributed by atoms with Gasteiger partial charge in [-0.3, -0.25) is 9.78 Å². The number of ether oxygens (including phenoxy) is 1. The molecule has 0 fully saturated rings. The van der Waals surface area contributed by atoms with Gasteiger partial charge < -0.3 is 10.1 Å². The molecule has 4 heteroatoms. The molecule has 0 aliphatic rings. The number of rotatable bonds is 7. The highest BCUT2D eigenvalue weighted by molar-refractivity contribution is 5.93. The lowest BCUT2D eigenvalue weighted by Crippen LogP contribution is -2.22. The van der Waals surface area contributed by atoms with Crippen LogP contribution >= 0.6 is 0 Å². The van der Waals surface area contributed by atoms with Crippen LogP contribution in [0.5, 0.6) is 5.75 Å². The largest absolute Gasteiger partial charge is 0.494 e. The van der Waals surface area contributed by atoms with Gasteiger partial charge in [0, 0.05) is 24.5 Å². The summed E-state index contributed by atoms with van der Waals surface area (Å²) in [6.45, 7) is 3.38. The molecule has 0 saturated heterocycles. The van der Waals surface area contributed by atoms with Gasteiger partial charge in [-0.15, -0.1) is 0 Å². The van der Waals surface area contributed by atoms with Crippen molar-refractivity contribution in [2.45, 2.75) is 26.3 Å².